The fourth-order valence-electron chi connectivity index (χ4n) is 3.54. The molecule has 1 aliphatic heterocycles. The van der Waals surface area contributed by atoms with E-state index in [2.05, 4.69) is 17.1 Å². The van der Waals surface area contributed by atoms with Gasteiger partial charge in [0, 0.05) is 0 Å². The van der Waals surface area contributed by atoms with E-state index in [1.807, 2.05) is 6.92 Å². The number of nitrogens with one attached hydrogen (secondary N) is 2. The molecule has 32 heavy (non-hydrogen) atoms. The molecule has 0 bridgehead atoms. The van der Waals surface area contributed by atoms with Crippen molar-refractivity contribution >= 4 is 22.1 Å². The Hall–Kier alpha value is -3.01. The van der Waals surface area contributed by atoms with E-state index in [-0.39, 0.29) is 23.1 Å². The number of quaternary nitrogens is 1. The van der Waals surface area contributed by atoms with Gasteiger partial charge in [0.1, 0.15) is 0 Å². The molecule has 1 saturated heterocycles. The van der Waals surface area contributed by atoms with E-state index in [4.69, 9.17) is 0 Å². The predicted octanol–water partition coefficient (Wildman–Crippen LogP) is -0.163. The summed E-state index contributed by atoms with van der Waals surface area (Å²) in [5, 5.41) is 16.2. The predicted molar refractivity (Wildman–Crippen MR) is 121 cm³/mol. The zero-order valence-corrected chi connectivity index (χ0v) is 18.9. The molecule has 2 aromatic carbocycles. The van der Waals surface area contributed by atoms with Gasteiger partial charge in [-0.15, -0.1) is 6.58 Å². The van der Waals surface area contributed by atoms with Gasteiger partial charge in [-0.25, -0.2) is 13.8 Å². The van der Waals surface area contributed by atoms with Gasteiger partial charge in [0.15, 0.2) is 6.54 Å². The first-order valence-electron chi connectivity index (χ1n) is 10.4. The molecule has 0 spiro atoms. The summed E-state index contributed by atoms with van der Waals surface area (Å²) in [5.74, 6) is -0.428. The number of amides is 1. The molecule has 170 valence electrons. The van der Waals surface area contributed by atoms with Crippen LogP contribution < -0.4 is 15.4 Å². The Labute approximate surface area is 188 Å². The minimum atomic E-state index is -3.53. The number of hydrogen-bond acceptors (Lipinski definition) is 5. The van der Waals surface area contributed by atoms with Crippen LogP contribution >= 0.6 is 0 Å². The number of rotatable bonds is 8. The summed E-state index contributed by atoms with van der Waals surface area (Å²) in [6.45, 7) is 7.46. The lowest BCUT2D eigenvalue weighted by atomic mass is 10.1. The molecular formula is C23H28N4O4S. The molecule has 1 fully saturated rings. The summed E-state index contributed by atoms with van der Waals surface area (Å²) < 4.78 is 27.0. The van der Waals surface area contributed by atoms with Crippen molar-refractivity contribution in [2.45, 2.75) is 18.2 Å². The van der Waals surface area contributed by atoms with Crippen molar-refractivity contribution in [1.82, 2.24) is 9.73 Å². The molecule has 0 saturated carbocycles. The third-order valence-electron chi connectivity index (χ3n) is 5.38. The topological polar surface area (TPSA) is 106 Å². The molecule has 0 aromatic heterocycles. The van der Waals surface area contributed by atoms with Crippen LogP contribution in [0.15, 0.2) is 65.1 Å². The monoisotopic (exact) mass is 456 g/mol. The first-order valence-corrected chi connectivity index (χ1v) is 11.9. The standard InChI is InChI=1S/C23H28N4O4S/c1-3-5-19-6-4-7-20(23(19)29)16-24-25-22(28)17-26-12-14-27(15-13-26)32(30,31)21-10-8-18(2)9-11-21/h3-4,6-11,16,29H,1,5,12-15,17H2,2H3,(H,25,28)/b24-16+. The average molecular weight is 457 g/mol. The number of para-hydroxylation sites is 1. The van der Waals surface area contributed by atoms with E-state index in [0.717, 1.165) is 10.5 Å². The number of benzene rings is 2. The second-order valence-corrected chi connectivity index (χ2v) is 9.70. The van der Waals surface area contributed by atoms with Crippen LogP contribution in [0.4, 0.5) is 0 Å². The number of carbonyl (C=O) groups excluding carboxylic acids is 1. The van der Waals surface area contributed by atoms with E-state index in [1.165, 1.54) is 10.5 Å². The molecule has 0 atom stereocenters. The Morgan fingerprint density at radius 3 is 2.56 bits per heavy atom. The van der Waals surface area contributed by atoms with Gasteiger partial charge in [-0.05, 0) is 31.0 Å². The number of aryl methyl sites for hydroxylation is 1. The normalized spacial score (nSPS) is 15.7. The number of hydrogen-bond donors (Lipinski definition) is 2. The minimum absolute atomic E-state index is 0.137. The van der Waals surface area contributed by atoms with E-state index < -0.39 is 10.0 Å². The highest BCUT2D eigenvalue weighted by Crippen LogP contribution is 2.18. The SMILES string of the molecule is C=CCc1cccc(/C=N/NC(=O)C[NH+]2CCN(S(=O)(=O)c3ccc(C)cc3)CC2)c1[O-]. The molecule has 0 unspecified atom stereocenters. The number of allylic oxidation sites excluding steroid dienone is 1. The third kappa shape index (κ3) is 5.82. The fraction of sp³-hybridized carbons (Fsp3) is 0.304. The summed E-state index contributed by atoms with van der Waals surface area (Å²) in [7, 11) is -3.53. The van der Waals surface area contributed by atoms with E-state index >= 15 is 0 Å². The van der Waals surface area contributed by atoms with Crippen LogP contribution in [0.25, 0.3) is 0 Å². The molecule has 1 heterocycles. The first-order chi connectivity index (χ1) is 15.3. The van der Waals surface area contributed by atoms with Crippen molar-refractivity contribution in [2.75, 3.05) is 32.7 Å². The van der Waals surface area contributed by atoms with Gasteiger partial charge in [-0.3, -0.25) is 4.79 Å². The van der Waals surface area contributed by atoms with Crippen molar-refractivity contribution < 1.29 is 23.2 Å². The van der Waals surface area contributed by atoms with E-state index in [1.54, 1.807) is 48.5 Å². The zero-order valence-electron chi connectivity index (χ0n) is 18.1. The van der Waals surface area contributed by atoms with Crippen molar-refractivity contribution in [1.29, 1.82) is 0 Å². The van der Waals surface area contributed by atoms with Gasteiger partial charge in [-0.1, -0.05) is 53.3 Å². The Morgan fingerprint density at radius 1 is 1.22 bits per heavy atom. The summed E-state index contributed by atoms with van der Waals surface area (Å²) in [5.41, 5.74) is 4.47. The highest BCUT2D eigenvalue weighted by Gasteiger charge is 2.31. The number of carbonyl (C=O) groups is 1. The van der Waals surface area contributed by atoms with Crippen molar-refractivity contribution in [2.24, 2.45) is 5.10 Å². The lowest BCUT2D eigenvalue weighted by molar-refractivity contribution is -0.895. The molecular weight excluding hydrogens is 428 g/mol. The Kier molecular flexibility index (Phi) is 7.79. The summed E-state index contributed by atoms with van der Waals surface area (Å²) in [6, 6.07) is 11.9. The lowest BCUT2D eigenvalue weighted by Gasteiger charge is -2.31. The Balaban J connectivity index is 1.49. The van der Waals surface area contributed by atoms with E-state index in [9.17, 15) is 18.3 Å². The van der Waals surface area contributed by atoms with Crippen LogP contribution in [0.5, 0.6) is 5.75 Å². The molecule has 2 N–H and O–H groups in total. The molecule has 0 aliphatic carbocycles. The highest BCUT2D eigenvalue weighted by atomic mass is 32.2. The third-order valence-corrected chi connectivity index (χ3v) is 7.30. The Bertz CT molecular complexity index is 1090. The van der Waals surface area contributed by atoms with Crippen LogP contribution in [-0.4, -0.2) is 57.6 Å². The van der Waals surface area contributed by atoms with Crippen molar-refractivity contribution in [3.63, 3.8) is 0 Å². The minimum Gasteiger partial charge on any atom is -0.872 e. The Morgan fingerprint density at radius 2 is 1.91 bits per heavy atom. The molecule has 1 aliphatic rings. The molecule has 1 amide bonds. The van der Waals surface area contributed by atoms with Crippen molar-refractivity contribution in [3.8, 4) is 5.75 Å². The molecule has 3 rings (SSSR count). The number of hydrazone groups is 1. The average Bonchev–Trinajstić information content (AvgIpc) is 2.77. The van der Waals surface area contributed by atoms with Crippen LogP contribution in [-0.2, 0) is 21.2 Å². The second kappa shape index (κ2) is 10.5. The largest absolute Gasteiger partial charge is 0.872 e. The molecule has 0 radical (unpaired) electrons. The number of sulfonamides is 1. The second-order valence-electron chi connectivity index (χ2n) is 7.77. The number of piperazine rings is 1. The quantitative estimate of drug-likeness (QED) is 0.327. The number of nitrogens with zero attached hydrogens (tertiary/aromatic N) is 2. The summed E-state index contributed by atoms with van der Waals surface area (Å²) in [4.78, 5) is 13.5. The molecule has 2 aromatic rings. The zero-order chi connectivity index (χ0) is 23.1. The molecule has 9 heteroatoms. The summed E-state index contributed by atoms with van der Waals surface area (Å²) in [6.07, 6.45) is 3.48. The maximum Gasteiger partial charge on any atom is 0.295 e. The van der Waals surface area contributed by atoms with Gasteiger partial charge in [0.2, 0.25) is 10.0 Å². The highest BCUT2D eigenvalue weighted by molar-refractivity contribution is 7.89. The van der Waals surface area contributed by atoms with Crippen molar-refractivity contribution in [3.05, 3.63) is 71.8 Å². The fourth-order valence-corrected chi connectivity index (χ4v) is 4.98. The van der Waals surface area contributed by atoms with Crippen LogP contribution in [0, 0.1) is 6.92 Å². The maximum atomic E-state index is 12.8. The van der Waals surface area contributed by atoms with Gasteiger partial charge < -0.3 is 10.0 Å². The van der Waals surface area contributed by atoms with Gasteiger partial charge in [0.05, 0.1) is 37.3 Å². The van der Waals surface area contributed by atoms with Crippen LogP contribution in [0.2, 0.25) is 0 Å². The van der Waals surface area contributed by atoms with Crippen LogP contribution in [0.3, 0.4) is 0 Å². The summed E-state index contributed by atoms with van der Waals surface area (Å²) >= 11 is 0. The molecule has 8 nitrogen and oxygen atoms in total. The van der Waals surface area contributed by atoms with E-state index in [0.29, 0.717) is 43.7 Å². The van der Waals surface area contributed by atoms with Gasteiger partial charge >= 0.3 is 0 Å². The smallest absolute Gasteiger partial charge is 0.295 e. The lowest BCUT2D eigenvalue weighted by Crippen LogP contribution is -3.15. The van der Waals surface area contributed by atoms with Crippen LogP contribution in [0.1, 0.15) is 16.7 Å². The first kappa shape index (κ1) is 23.6. The maximum absolute atomic E-state index is 12.8. The van der Waals surface area contributed by atoms with Gasteiger partial charge in [-0.2, -0.15) is 9.41 Å². The van der Waals surface area contributed by atoms with Gasteiger partial charge in [0.25, 0.3) is 5.91 Å².